The van der Waals surface area contributed by atoms with E-state index >= 15 is 0 Å². The van der Waals surface area contributed by atoms with Crippen molar-refractivity contribution in [3.8, 4) is 5.75 Å². The summed E-state index contributed by atoms with van der Waals surface area (Å²) in [6.45, 7) is 1.15. The number of ether oxygens (including phenoxy) is 2. The molecule has 1 amide bonds. The highest BCUT2D eigenvalue weighted by molar-refractivity contribution is 7.91. The fourth-order valence-electron chi connectivity index (χ4n) is 4.21. The summed E-state index contributed by atoms with van der Waals surface area (Å²) in [6, 6.07) is 1.09. The standard InChI is InChI=1S/C21H23F5N4O4S/c1-11-20(34-3,21(24,25)26)10-15(30(11)14-6-5-13(22)17(23)18(14)33-2)19(31)29-12-7-8-28-16(9-12)35(4,27)32/h5-9,11,15,27H,10H2,1-4H3,(H,28,29,31)/t11?,15?,20?,35-/m1/s1. The predicted octanol–water partition coefficient (Wildman–Crippen LogP) is 3.96. The van der Waals surface area contributed by atoms with Crippen LogP contribution in [0.4, 0.5) is 33.3 Å². The molecule has 3 unspecified atom stereocenters. The van der Waals surface area contributed by atoms with Crippen LogP contribution in [0.15, 0.2) is 35.5 Å². The van der Waals surface area contributed by atoms with Crippen molar-refractivity contribution >= 4 is 27.0 Å². The minimum absolute atomic E-state index is 0.0357. The molecule has 1 fully saturated rings. The van der Waals surface area contributed by atoms with Crippen molar-refractivity contribution in [3.05, 3.63) is 42.1 Å². The summed E-state index contributed by atoms with van der Waals surface area (Å²) in [4.78, 5) is 18.1. The van der Waals surface area contributed by atoms with E-state index in [0.29, 0.717) is 0 Å². The van der Waals surface area contributed by atoms with Crippen LogP contribution in [-0.4, -0.2) is 59.4 Å². The average molecular weight is 522 g/mol. The lowest BCUT2D eigenvalue weighted by molar-refractivity contribution is -0.270. The number of hydrogen-bond acceptors (Lipinski definition) is 7. The number of halogens is 5. The molecular weight excluding hydrogens is 499 g/mol. The highest BCUT2D eigenvalue weighted by Crippen LogP contribution is 2.50. The van der Waals surface area contributed by atoms with Gasteiger partial charge >= 0.3 is 6.18 Å². The highest BCUT2D eigenvalue weighted by atomic mass is 32.2. The first kappa shape index (κ1) is 26.6. The van der Waals surface area contributed by atoms with Gasteiger partial charge in [-0.1, -0.05) is 0 Å². The number of carbonyl (C=O) groups is 1. The third-order valence-corrected chi connectivity index (χ3v) is 7.01. The second kappa shape index (κ2) is 9.22. The summed E-state index contributed by atoms with van der Waals surface area (Å²) in [5.74, 6) is -4.31. The third-order valence-electron chi connectivity index (χ3n) is 5.98. The number of amides is 1. The van der Waals surface area contributed by atoms with Gasteiger partial charge in [-0.15, -0.1) is 0 Å². The molecule has 1 aliphatic rings. The molecule has 8 nitrogen and oxygen atoms in total. The number of carbonyl (C=O) groups excluding carboxylic acids is 1. The summed E-state index contributed by atoms with van der Waals surface area (Å²) in [5.41, 5.74) is -3.07. The summed E-state index contributed by atoms with van der Waals surface area (Å²) in [7, 11) is -1.36. The number of pyridine rings is 1. The highest BCUT2D eigenvalue weighted by Gasteiger charge is 2.67. The second-order valence-corrected chi connectivity index (χ2v) is 10.1. The fourth-order valence-corrected chi connectivity index (χ4v) is 4.83. The minimum atomic E-state index is -4.93. The molecule has 4 atom stereocenters. The first-order valence-corrected chi connectivity index (χ1v) is 12.1. The number of alkyl halides is 3. The maximum atomic E-state index is 14.4. The van der Waals surface area contributed by atoms with E-state index in [9.17, 15) is 31.0 Å². The van der Waals surface area contributed by atoms with E-state index in [1.165, 1.54) is 18.3 Å². The van der Waals surface area contributed by atoms with Gasteiger partial charge in [0, 0.05) is 31.7 Å². The molecule has 1 aromatic heterocycles. The van der Waals surface area contributed by atoms with Gasteiger partial charge in [0.25, 0.3) is 0 Å². The van der Waals surface area contributed by atoms with Crippen LogP contribution in [0.1, 0.15) is 13.3 Å². The van der Waals surface area contributed by atoms with Gasteiger partial charge in [0.2, 0.25) is 11.7 Å². The lowest BCUT2D eigenvalue weighted by Crippen LogP contribution is -2.55. The molecule has 0 bridgehead atoms. The van der Waals surface area contributed by atoms with Crippen LogP contribution in [0, 0.1) is 16.4 Å². The van der Waals surface area contributed by atoms with E-state index < -0.39 is 63.3 Å². The van der Waals surface area contributed by atoms with Gasteiger partial charge in [-0.3, -0.25) is 4.79 Å². The first-order chi connectivity index (χ1) is 16.2. The van der Waals surface area contributed by atoms with Crippen LogP contribution >= 0.6 is 0 Å². The Hall–Kier alpha value is -3.00. The molecule has 0 saturated carbocycles. The predicted molar refractivity (Wildman–Crippen MR) is 117 cm³/mol. The molecule has 35 heavy (non-hydrogen) atoms. The Balaban J connectivity index is 2.12. The molecule has 0 spiro atoms. The number of hydrogen-bond donors (Lipinski definition) is 2. The van der Waals surface area contributed by atoms with E-state index in [1.807, 2.05) is 0 Å². The lowest BCUT2D eigenvalue weighted by Gasteiger charge is -2.37. The normalized spacial score (nSPS) is 24.2. The molecule has 14 heteroatoms. The molecule has 192 valence electrons. The molecule has 2 N–H and O–H groups in total. The maximum Gasteiger partial charge on any atom is 0.419 e. The Kier molecular flexibility index (Phi) is 7.01. The Morgan fingerprint density at radius 1 is 1.29 bits per heavy atom. The minimum Gasteiger partial charge on any atom is -0.491 e. The van der Waals surface area contributed by atoms with Crippen LogP contribution in [-0.2, 0) is 19.3 Å². The van der Waals surface area contributed by atoms with E-state index in [0.717, 1.165) is 44.4 Å². The van der Waals surface area contributed by atoms with Crippen molar-refractivity contribution in [3.63, 3.8) is 0 Å². The van der Waals surface area contributed by atoms with Crippen LogP contribution in [0.3, 0.4) is 0 Å². The molecule has 1 aromatic carbocycles. The number of nitrogens with one attached hydrogen (secondary N) is 2. The first-order valence-electron chi connectivity index (χ1n) is 10.1. The number of nitrogens with zero attached hydrogens (tertiary/aromatic N) is 2. The SMILES string of the molecule is COc1c(N2C(C(=O)Nc3ccnc([S@](C)(=N)=O)c3)CC(OC)(C(F)(F)F)C2C)ccc(F)c1F. The molecule has 1 aliphatic heterocycles. The van der Waals surface area contributed by atoms with Gasteiger partial charge in [-0.25, -0.2) is 18.4 Å². The summed E-state index contributed by atoms with van der Waals surface area (Å²) >= 11 is 0. The van der Waals surface area contributed by atoms with Gasteiger partial charge < -0.3 is 19.7 Å². The Morgan fingerprint density at radius 3 is 2.49 bits per heavy atom. The molecular formula is C21H23F5N4O4S. The zero-order chi connectivity index (χ0) is 26.3. The van der Waals surface area contributed by atoms with Crippen molar-refractivity contribution in [1.29, 1.82) is 4.78 Å². The molecule has 0 aliphatic carbocycles. The summed E-state index contributed by atoms with van der Waals surface area (Å²) in [6.07, 6.45) is -3.50. The van der Waals surface area contributed by atoms with Crippen LogP contribution in [0.5, 0.6) is 5.75 Å². The largest absolute Gasteiger partial charge is 0.491 e. The monoisotopic (exact) mass is 522 g/mol. The Labute approximate surface area is 198 Å². The quantitative estimate of drug-likeness (QED) is 0.557. The summed E-state index contributed by atoms with van der Waals surface area (Å²) < 4.78 is 100. The van der Waals surface area contributed by atoms with E-state index in [-0.39, 0.29) is 16.4 Å². The van der Waals surface area contributed by atoms with Gasteiger partial charge in [0.1, 0.15) is 11.1 Å². The Bertz CT molecular complexity index is 1240. The molecule has 0 radical (unpaired) electrons. The van der Waals surface area contributed by atoms with Crippen molar-refractivity contribution in [2.45, 2.75) is 42.2 Å². The topological polar surface area (TPSA) is 105 Å². The average Bonchev–Trinajstić information content (AvgIpc) is 3.08. The third kappa shape index (κ3) is 4.63. The van der Waals surface area contributed by atoms with Crippen molar-refractivity contribution in [1.82, 2.24) is 4.98 Å². The van der Waals surface area contributed by atoms with E-state index in [2.05, 4.69) is 10.3 Å². The molecule has 3 rings (SSSR count). The van der Waals surface area contributed by atoms with Crippen molar-refractivity contribution in [2.24, 2.45) is 0 Å². The number of aromatic nitrogens is 1. The number of anilines is 2. The number of methoxy groups -OCH3 is 2. The van der Waals surface area contributed by atoms with Crippen molar-refractivity contribution < 1.29 is 40.4 Å². The summed E-state index contributed by atoms with van der Waals surface area (Å²) in [5, 5.41) is 2.29. The molecule has 2 aromatic rings. The lowest BCUT2D eigenvalue weighted by atomic mass is 9.92. The molecule has 2 heterocycles. The van der Waals surface area contributed by atoms with Crippen molar-refractivity contribution in [2.75, 3.05) is 30.7 Å². The smallest absolute Gasteiger partial charge is 0.419 e. The zero-order valence-corrected chi connectivity index (χ0v) is 19.9. The van der Waals surface area contributed by atoms with Gasteiger partial charge in [0.05, 0.1) is 28.6 Å². The van der Waals surface area contributed by atoms with Crippen LogP contribution in [0.25, 0.3) is 0 Å². The van der Waals surface area contributed by atoms with E-state index in [1.54, 1.807) is 0 Å². The second-order valence-electron chi connectivity index (χ2n) is 8.02. The fraction of sp³-hybridized carbons (Fsp3) is 0.429. The number of benzene rings is 1. The Morgan fingerprint density at radius 2 is 1.94 bits per heavy atom. The van der Waals surface area contributed by atoms with Gasteiger partial charge in [0.15, 0.2) is 17.2 Å². The van der Waals surface area contributed by atoms with Gasteiger partial charge in [-0.2, -0.15) is 17.6 Å². The zero-order valence-electron chi connectivity index (χ0n) is 19.1. The molecule has 1 saturated heterocycles. The number of rotatable bonds is 6. The van der Waals surface area contributed by atoms with Gasteiger partial charge in [-0.05, 0) is 31.2 Å². The van der Waals surface area contributed by atoms with E-state index in [4.69, 9.17) is 14.3 Å². The van der Waals surface area contributed by atoms with Crippen LogP contribution < -0.4 is 15.0 Å². The maximum absolute atomic E-state index is 14.4. The van der Waals surface area contributed by atoms with Crippen LogP contribution in [0.2, 0.25) is 0 Å².